The van der Waals surface area contributed by atoms with Crippen molar-refractivity contribution >= 4 is 46.3 Å². The lowest BCUT2D eigenvalue weighted by Gasteiger charge is -2.25. The fourth-order valence-electron chi connectivity index (χ4n) is 3.98. The number of nitrogens with zero attached hydrogens (tertiary/aromatic N) is 1. The van der Waals surface area contributed by atoms with Crippen LogP contribution in [0.2, 0.25) is 0 Å². The van der Waals surface area contributed by atoms with E-state index in [0.29, 0.717) is 39.3 Å². The van der Waals surface area contributed by atoms with Gasteiger partial charge < -0.3 is 14.2 Å². The summed E-state index contributed by atoms with van der Waals surface area (Å²) in [5.74, 6) is 0.296. The number of ether oxygens (including phenoxy) is 3. The van der Waals surface area contributed by atoms with Gasteiger partial charge in [0.1, 0.15) is 10.9 Å². The van der Waals surface area contributed by atoms with Crippen LogP contribution in [0.5, 0.6) is 11.5 Å². The van der Waals surface area contributed by atoms with Crippen molar-refractivity contribution in [2.45, 2.75) is 32.9 Å². The zero-order valence-corrected chi connectivity index (χ0v) is 23.1. The molecule has 3 aromatic rings. The first-order chi connectivity index (χ1) is 18.4. The minimum Gasteiger partial charge on any atom is -0.493 e. The average Bonchev–Trinajstić information content (AvgIpc) is 3.20. The standard InChI is InChI=1S/C30H29NO5S2/c1-4-16-35-29(33)27(22-11-6-5-7-12-22)31-28(32)26(38-30(31)37)18-21-14-15-24(25(17-21)34-3)36-19-23-13-9-8-10-20(23)2/h5-15,17-18,27H,4,16,19H2,1-3H3/b26-18-. The van der Waals surface area contributed by atoms with E-state index in [9.17, 15) is 9.59 Å². The maximum absolute atomic E-state index is 13.5. The molecule has 6 nitrogen and oxygen atoms in total. The van der Waals surface area contributed by atoms with Crippen LogP contribution in [0.3, 0.4) is 0 Å². The van der Waals surface area contributed by atoms with Crippen molar-refractivity contribution in [1.29, 1.82) is 0 Å². The average molecular weight is 548 g/mol. The van der Waals surface area contributed by atoms with Crippen molar-refractivity contribution in [3.05, 3.63) is 100.0 Å². The minimum absolute atomic E-state index is 0.269. The van der Waals surface area contributed by atoms with Gasteiger partial charge in [0, 0.05) is 0 Å². The number of hydrogen-bond acceptors (Lipinski definition) is 7. The van der Waals surface area contributed by atoms with E-state index in [1.807, 2.05) is 74.5 Å². The van der Waals surface area contributed by atoms with Crippen molar-refractivity contribution in [2.75, 3.05) is 13.7 Å². The molecule has 0 radical (unpaired) electrons. The second-order valence-corrected chi connectivity index (χ2v) is 10.3. The first kappa shape index (κ1) is 27.4. The van der Waals surface area contributed by atoms with E-state index in [2.05, 4.69) is 0 Å². The van der Waals surface area contributed by atoms with E-state index in [1.165, 1.54) is 4.90 Å². The number of methoxy groups -OCH3 is 1. The van der Waals surface area contributed by atoms with Crippen LogP contribution in [-0.4, -0.2) is 34.8 Å². The smallest absolute Gasteiger partial charge is 0.333 e. The number of hydrogen-bond donors (Lipinski definition) is 0. The van der Waals surface area contributed by atoms with Gasteiger partial charge in [-0.05, 0) is 53.8 Å². The Labute approximate surface area is 232 Å². The summed E-state index contributed by atoms with van der Waals surface area (Å²) in [6, 6.07) is 21.6. The van der Waals surface area contributed by atoms with Gasteiger partial charge in [0.25, 0.3) is 5.91 Å². The van der Waals surface area contributed by atoms with Crippen LogP contribution >= 0.6 is 24.0 Å². The summed E-state index contributed by atoms with van der Waals surface area (Å²) >= 11 is 6.71. The van der Waals surface area contributed by atoms with Crippen LogP contribution in [-0.2, 0) is 20.9 Å². The van der Waals surface area contributed by atoms with Crippen LogP contribution in [0.15, 0.2) is 77.7 Å². The molecule has 0 saturated carbocycles. The highest BCUT2D eigenvalue weighted by atomic mass is 32.2. The van der Waals surface area contributed by atoms with Crippen LogP contribution in [0.1, 0.15) is 41.6 Å². The first-order valence-corrected chi connectivity index (χ1v) is 13.5. The van der Waals surface area contributed by atoms with Gasteiger partial charge in [-0.25, -0.2) is 4.79 Å². The highest BCUT2D eigenvalue weighted by Gasteiger charge is 2.42. The zero-order chi connectivity index (χ0) is 27.1. The highest BCUT2D eigenvalue weighted by molar-refractivity contribution is 8.26. The van der Waals surface area contributed by atoms with Crippen molar-refractivity contribution in [3.63, 3.8) is 0 Å². The molecule has 1 atom stereocenters. The molecule has 1 aliphatic rings. The Morgan fingerprint density at radius 2 is 1.79 bits per heavy atom. The molecular weight excluding hydrogens is 518 g/mol. The van der Waals surface area contributed by atoms with E-state index in [4.69, 9.17) is 26.4 Å². The molecule has 0 N–H and O–H groups in total. The molecular formula is C30H29NO5S2. The maximum Gasteiger partial charge on any atom is 0.333 e. The lowest BCUT2D eigenvalue weighted by molar-refractivity contribution is -0.151. The second kappa shape index (κ2) is 12.8. The van der Waals surface area contributed by atoms with Gasteiger partial charge in [0.05, 0.1) is 18.6 Å². The minimum atomic E-state index is -0.951. The topological polar surface area (TPSA) is 65.1 Å². The third-order valence-electron chi connectivity index (χ3n) is 6.00. The molecule has 1 unspecified atom stereocenters. The first-order valence-electron chi connectivity index (χ1n) is 12.3. The number of carbonyl (C=O) groups excluding carboxylic acids is 2. The number of thiocarbonyl (C=S) groups is 1. The highest BCUT2D eigenvalue weighted by Crippen LogP contribution is 2.39. The second-order valence-electron chi connectivity index (χ2n) is 8.66. The number of benzene rings is 3. The molecule has 3 aromatic carbocycles. The fourth-order valence-corrected chi connectivity index (χ4v) is 5.30. The van der Waals surface area contributed by atoms with Crippen molar-refractivity contribution in [3.8, 4) is 11.5 Å². The third-order valence-corrected chi connectivity index (χ3v) is 7.33. The third kappa shape index (κ3) is 6.26. The lowest BCUT2D eigenvalue weighted by Crippen LogP contribution is -2.38. The molecule has 8 heteroatoms. The number of carbonyl (C=O) groups is 2. The predicted octanol–water partition coefficient (Wildman–Crippen LogP) is 6.48. The summed E-state index contributed by atoms with van der Waals surface area (Å²) in [6.45, 7) is 4.64. The van der Waals surface area contributed by atoms with Gasteiger partial charge in [0.15, 0.2) is 17.5 Å². The zero-order valence-electron chi connectivity index (χ0n) is 21.5. The van der Waals surface area contributed by atoms with Crippen LogP contribution in [0, 0.1) is 6.92 Å². The molecule has 1 saturated heterocycles. The fraction of sp³-hybridized carbons (Fsp3) is 0.233. The molecule has 1 heterocycles. The van der Waals surface area contributed by atoms with E-state index in [-0.39, 0.29) is 12.5 Å². The van der Waals surface area contributed by atoms with E-state index in [0.717, 1.165) is 28.5 Å². The number of thioether (sulfide) groups is 1. The largest absolute Gasteiger partial charge is 0.493 e. The summed E-state index contributed by atoms with van der Waals surface area (Å²) in [5, 5.41) is 0. The molecule has 1 fully saturated rings. The van der Waals surface area contributed by atoms with Crippen LogP contribution in [0.25, 0.3) is 6.08 Å². The number of rotatable bonds is 10. The lowest BCUT2D eigenvalue weighted by atomic mass is 10.1. The van der Waals surface area contributed by atoms with Gasteiger partial charge in [-0.15, -0.1) is 0 Å². The molecule has 0 aliphatic carbocycles. The Balaban J connectivity index is 1.57. The molecule has 1 aliphatic heterocycles. The van der Waals surface area contributed by atoms with Gasteiger partial charge >= 0.3 is 5.97 Å². The van der Waals surface area contributed by atoms with Crippen molar-refractivity contribution in [1.82, 2.24) is 4.90 Å². The summed E-state index contributed by atoms with van der Waals surface area (Å²) in [4.78, 5) is 28.3. The SMILES string of the molecule is CCCOC(=O)C(c1ccccc1)N1C(=O)/C(=C/c2ccc(OCc3ccccc3C)c(OC)c2)SC1=S. The van der Waals surface area contributed by atoms with E-state index in [1.54, 1.807) is 25.3 Å². The molecule has 0 aromatic heterocycles. The molecule has 0 bridgehead atoms. The normalized spacial score (nSPS) is 15.0. The quantitative estimate of drug-likeness (QED) is 0.164. The van der Waals surface area contributed by atoms with Crippen LogP contribution in [0.4, 0.5) is 0 Å². The molecule has 196 valence electrons. The number of esters is 1. The summed E-state index contributed by atoms with van der Waals surface area (Å²) in [7, 11) is 1.57. The molecule has 38 heavy (non-hydrogen) atoms. The molecule has 1 amide bonds. The molecule has 4 rings (SSSR count). The van der Waals surface area contributed by atoms with Gasteiger partial charge in [0.2, 0.25) is 0 Å². The monoisotopic (exact) mass is 547 g/mol. The van der Waals surface area contributed by atoms with Gasteiger partial charge in [-0.3, -0.25) is 9.69 Å². The Kier molecular flexibility index (Phi) is 9.20. The summed E-state index contributed by atoms with van der Waals surface area (Å²) < 4.78 is 17.3. The van der Waals surface area contributed by atoms with E-state index < -0.39 is 12.0 Å². The number of amides is 1. The van der Waals surface area contributed by atoms with Crippen molar-refractivity contribution in [2.24, 2.45) is 0 Å². The van der Waals surface area contributed by atoms with Crippen LogP contribution < -0.4 is 9.47 Å². The van der Waals surface area contributed by atoms with Gasteiger partial charge in [-0.2, -0.15) is 0 Å². The number of aryl methyl sites for hydroxylation is 1. The Morgan fingerprint density at radius 1 is 1.05 bits per heavy atom. The van der Waals surface area contributed by atoms with Gasteiger partial charge in [-0.1, -0.05) is 91.6 Å². The Morgan fingerprint density at radius 3 is 2.50 bits per heavy atom. The molecule has 0 spiro atoms. The summed E-state index contributed by atoms with van der Waals surface area (Å²) in [5.41, 5.74) is 3.63. The maximum atomic E-state index is 13.5. The van der Waals surface area contributed by atoms with E-state index >= 15 is 0 Å². The predicted molar refractivity (Wildman–Crippen MR) is 154 cm³/mol. The van der Waals surface area contributed by atoms with Crippen molar-refractivity contribution < 1.29 is 23.8 Å². The summed E-state index contributed by atoms with van der Waals surface area (Å²) in [6.07, 6.45) is 2.42. The Bertz CT molecular complexity index is 1360. The Hall–Kier alpha value is -3.62.